The van der Waals surface area contributed by atoms with Crippen LogP contribution in [0.4, 0.5) is 0 Å². The molecule has 0 aliphatic heterocycles. The van der Waals surface area contributed by atoms with E-state index in [0.29, 0.717) is 30.2 Å². The topological polar surface area (TPSA) is 52.3 Å². The van der Waals surface area contributed by atoms with E-state index in [1.165, 1.54) is 0 Å². The molecular formula is C16H24ClNO2. The van der Waals surface area contributed by atoms with E-state index < -0.39 is 0 Å². The molecule has 0 saturated carbocycles. The molecule has 0 saturated heterocycles. The third kappa shape index (κ3) is 5.51. The summed E-state index contributed by atoms with van der Waals surface area (Å²) in [4.78, 5) is 12.1. The number of carbonyl (C=O) groups excluding carboxylic acids is 1. The summed E-state index contributed by atoms with van der Waals surface area (Å²) in [5, 5.41) is 0.622. The molecule has 0 spiro atoms. The molecule has 1 aromatic carbocycles. The lowest BCUT2D eigenvalue weighted by atomic mass is 9.83. The average molecular weight is 298 g/mol. The number of ketones is 1. The Morgan fingerprint density at radius 3 is 2.65 bits per heavy atom. The second-order valence-electron chi connectivity index (χ2n) is 5.87. The van der Waals surface area contributed by atoms with Crippen molar-refractivity contribution in [3.05, 3.63) is 28.8 Å². The van der Waals surface area contributed by atoms with Gasteiger partial charge in [0, 0.05) is 23.4 Å². The fraction of sp³-hybridized carbons (Fsp3) is 0.562. The molecule has 3 nitrogen and oxygen atoms in total. The van der Waals surface area contributed by atoms with Crippen molar-refractivity contribution in [2.45, 2.75) is 39.5 Å². The molecule has 0 aliphatic carbocycles. The lowest BCUT2D eigenvalue weighted by Crippen LogP contribution is -2.19. The monoisotopic (exact) mass is 297 g/mol. The summed E-state index contributed by atoms with van der Waals surface area (Å²) in [6.45, 7) is 4.95. The van der Waals surface area contributed by atoms with E-state index in [-0.39, 0.29) is 11.2 Å². The number of carbonyl (C=O) groups is 1. The molecule has 1 rings (SSSR count). The zero-order valence-corrected chi connectivity index (χ0v) is 13.3. The van der Waals surface area contributed by atoms with E-state index in [0.717, 1.165) is 18.4 Å². The van der Waals surface area contributed by atoms with Gasteiger partial charge in [-0.3, -0.25) is 4.79 Å². The Hall–Kier alpha value is -1.06. The summed E-state index contributed by atoms with van der Waals surface area (Å²) in [6.07, 6.45) is 2.71. The number of benzene rings is 1. The molecule has 0 aliphatic rings. The molecule has 0 aromatic heterocycles. The van der Waals surface area contributed by atoms with Crippen LogP contribution in [0.15, 0.2) is 18.2 Å². The van der Waals surface area contributed by atoms with E-state index in [4.69, 9.17) is 22.1 Å². The van der Waals surface area contributed by atoms with E-state index in [9.17, 15) is 4.79 Å². The number of methoxy groups -OCH3 is 1. The van der Waals surface area contributed by atoms with Gasteiger partial charge in [0.15, 0.2) is 0 Å². The molecule has 0 amide bonds. The maximum Gasteiger partial charge on any atom is 0.137 e. The van der Waals surface area contributed by atoms with Gasteiger partial charge in [-0.1, -0.05) is 25.4 Å². The fourth-order valence-corrected chi connectivity index (χ4v) is 2.37. The van der Waals surface area contributed by atoms with Crippen LogP contribution in [0.1, 0.15) is 38.7 Å². The summed E-state index contributed by atoms with van der Waals surface area (Å²) >= 11 is 5.97. The minimum atomic E-state index is 0.114. The second kappa shape index (κ2) is 7.65. The molecule has 112 valence electrons. The van der Waals surface area contributed by atoms with Gasteiger partial charge < -0.3 is 10.5 Å². The summed E-state index contributed by atoms with van der Waals surface area (Å²) in [5.41, 5.74) is 6.55. The SMILES string of the molecule is COc1ccc(Cl)cc1CC(=O)CCC(C)(C)CCN. The van der Waals surface area contributed by atoms with Crippen LogP contribution in [0.2, 0.25) is 5.02 Å². The van der Waals surface area contributed by atoms with Crippen molar-refractivity contribution in [1.29, 1.82) is 0 Å². The highest BCUT2D eigenvalue weighted by Gasteiger charge is 2.19. The molecule has 0 fully saturated rings. The minimum absolute atomic E-state index is 0.114. The van der Waals surface area contributed by atoms with Crippen LogP contribution in [-0.4, -0.2) is 19.4 Å². The van der Waals surface area contributed by atoms with Crippen LogP contribution in [0.5, 0.6) is 5.75 Å². The first-order chi connectivity index (χ1) is 9.38. The molecular weight excluding hydrogens is 274 g/mol. The first kappa shape index (κ1) is 17.0. The summed E-state index contributed by atoms with van der Waals surface area (Å²) in [6, 6.07) is 5.35. The Labute approximate surface area is 126 Å². The smallest absolute Gasteiger partial charge is 0.137 e. The van der Waals surface area contributed by atoms with Crippen LogP contribution in [0.3, 0.4) is 0 Å². The molecule has 0 atom stereocenters. The highest BCUT2D eigenvalue weighted by atomic mass is 35.5. The molecule has 0 bridgehead atoms. The van der Waals surface area contributed by atoms with Crippen molar-refractivity contribution < 1.29 is 9.53 Å². The van der Waals surface area contributed by atoms with Crippen LogP contribution >= 0.6 is 11.6 Å². The van der Waals surface area contributed by atoms with Gasteiger partial charge in [0.1, 0.15) is 11.5 Å². The van der Waals surface area contributed by atoms with Gasteiger partial charge in [0.25, 0.3) is 0 Å². The molecule has 2 N–H and O–H groups in total. The second-order valence-corrected chi connectivity index (χ2v) is 6.31. The number of halogens is 1. The zero-order chi connectivity index (χ0) is 15.2. The van der Waals surface area contributed by atoms with E-state index >= 15 is 0 Å². The highest BCUT2D eigenvalue weighted by molar-refractivity contribution is 6.30. The lowest BCUT2D eigenvalue weighted by molar-refractivity contribution is -0.119. The molecule has 1 aromatic rings. The third-order valence-electron chi connectivity index (χ3n) is 3.53. The van der Waals surface area contributed by atoms with E-state index in [2.05, 4.69) is 13.8 Å². The number of Topliss-reactive ketones (excluding diaryl/α,β-unsaturated/α-hetero) is 1. The number of hydrogen-bond donors (Lipinski definition) is 1. The Kier molecular flexibility index (Phi) is 6.50. The Balaban J connectivity index is 2.61. The minimum Gasteiger partial charge on any atom is -0.496 e. The van der Waals surface area contributed by atoms with E-state index in [1.807, 2.05) is 0 Å². The number of ether oxygens (including phenoxy) is 1. The molecule has 0 heterocycles. The summed E-state index contributed by atoms with van der Waals surface area (Å²) < 4.78 is 5.26. The molecule has 0 unspecified atom stereocenters. The van der Waals surface area contributed by atoms with Gasteiger partial charge in [-0.05, 0) is 43.0 Å². The van der Waals surface area contributed by atoms with Gasteiger partial charge in [0.2, 0.25) is 0 Å². The largest absolute Gasteiger partial charge is 0.496 e. The van der Waals surface area contributed by atoms with Crippen LogP contribution in [-0.2, 0) is 11.2 Å². The van der Waals surface area contributed by atoms with Crippen molar-refractivity contribution in [2.75, 3.05) is 13.7 Å². The summed E-state index contributed by atoms with van der Waals surface area (Å²) in [5.74, 6) is 0.916. The van der Waals surface area contributed by atoms with Gasteiger partial charge in [-0.15, -0.1) is 0 Å². The first-order valence-electron chi connectivity index (χ1n) is 6.92. The van der Waals surface area contributed by atoms with Crippen LogP contribution in [0, 0.1) is 5.41 Å². The normalized spacial score (nSPS) is 11.4. The number of hydrogen-bond acceptors (Lipinski definition) is 3. The average Bonchev–Trinajstić information content (AvgIpc) is 2.37. The van der Waals surface area contributed by atoms with Crippen LogP contribution in [0.25, 0.3) is 0 Å². The fourth-order valence-electron chi connectivity index (χ4n) is 2.18. The zero-order valence-electron chi connectivity index (χ0n) is 12.5. The van der Waals surface area contributed by atoms with Crippen LogP contribution < -0.4 is 10.5 Å². The molecule has 20 heavy (non-hydrogen) atoms. The third-order valence-corrected chi connectivity index (χ3v) is 3.77. The van der Waals surface area contributed by atoms with Gasteiger partial charge in [-0.2, -0.15) is 0 Å². The maximum absolute atomic E-state index is 12.1. The summed E-state index contributed by atoms with van der Waals surface area (Å²) in [7, 11) is 1.60. The first-order valence-corrected chi connectivity index (χ1v) is 7.30. The van der Waals surface area contributed by atoms with Gasteiger partial charge in [0.05, 0.1) is 7.11 Å². The number of rotatable bonds is 8. The lowest BCUT2D eigenvalue weighted by Gasteiger charge is -2.23. The Morgan fingerprint density at radius 2 is 2.05 bits per heavy atom. The van der Waals surface area contributed by atoms with Gasteiger partial charge >= 0.3 is 0 Å². The predicted octanol–water partition coefficient (Wildman–Crippen LogP) is 3.62. The molecule has 4 heteroatoms. The quantitative estimate of drug-likeness (QED) is 0.797. The Morgan fingerprint density at radius 1 is 1.35 bits per heavy atom. The van der Waals surface area contributed by atoms with E-state index in [1.54, 1.807) is 25.3 Å². The Bertz CT molecular complexity index is 458. The van der Waals surface area contributed by atoms with Crippen molar-refractivity contribution in [3.63, 3.8) is 0 Å². The van der Waals surface area contributed by atoms with Crippen molar-refractivity contribution >= 4 is 17.4 Å². The van der Waals surface area contributed by atoms with Gasteiger partial charge in [-0.25, -0.2) is 0 Å². The number of nitrogens with two attached hydrogens (primary N) is 1. The predicted molar refractivity (Wildman–Crippen MR) is 83.4 cm³/mol. The van der Waals surface area contributed by atoms with Crippen molar-refractivity contribution in [2.24, 2.45) is 11.1 Å². The van der Waals surface area contributed by atoms with Crippen molar-refractivity contribution in [1.82, 2.24) is 0 Å². The molecule has 0 radical (unpaired) electrons. The highest BCUT2D eigenvalue weighted by Crippen LogP contribution is 2.28. The maximum atomic E-state index is 12.1. The standard InChI is InChI=1S/C16H24ClNO2/c1-16(2,8-9-18)7-6-14(19)11-12-10-13(17)4-5-15(12)20-3/h4-5,10H,6-9,11,18H2,1-3H3. The van der Waals surface area contributed by atoms with Crippen molar-refractivity contribution in [3.8, 4) is 5.75 Å².